The second kappa shape index (κ2) is 6.68. The van der Waals surface area contributed by atoms with Crippen molar-refractivity contribution in [1.82, 2.24) is 0 Å². The van der Waals surface area contributed by atoms with Crippen LogP contribution in [0.25, 0.3) is 10.8 Å². The molecule has 4 heteroatoms. The lowest BCUT2D eigenvalue weighted by Gasteiger charge is -2.07. The van der Waals surface area contributed by atoms with E-state index in [4.69, 9.17) is 5.11 Å². The Morgan fingerprint density at radius 2 is 1.74 bits per heavy atom. The van der Waals surface area contributed by atoms with Crippen molar-refractivity contribution in [2.24, 2.45) is 0 Å². The van der Waals surface area contributed by atoms with Gasteiger partial charge in [-0.15, -0.1) is 0 Å². The summed E-state index contributed by atoms with van der Waals surface area (Å²) in [5, 5.41) is 20.4. The van der Waals surface area contributed by atoms with Crippen molar-refractivity contribution in [2.75, 3.05) is 18.1 Å². The number of phenolic OH excluding ortho intramolecular Hbond substituents is 1. The summed E-state index contributed by atoms with van der Waals surface area (Å²) in [4.78, 5) is 0. The molecular weight excluding hydrogens is 260 g/mol. The number of rotatable bonds is 6. The number of aromatic hydroxyl groups is 1. The van der Waals surface area contributed by atoms with Crippen molar-refractivity contribution in [3.05, 3.63) is 42.0 Å². The van der Waals surface area contributed by atoms with Gasteiger partial charge in [0.25, 0.3) is 0 Å². The van der Waals surface area contributed by atoms with E-state index in [9.17, 15) is 9.32 Å². The van der Waals surface area contributed by atoms with Crippen LogP contribution in [-0.4, -0.2) is 32.5 Å². The fraction of sp³-hybridized carbons (Fsp3) is 0.333. The Labute approximate surface area is 115 Å². The fourth-order valence-electron chi connectivity index (χ4n) is 2.20. The van der Waals surface area contributed by atoms with Crippen LogP contribution in [0.3, 0.4) is 0 Å². The SMILES string of the molecule is O=S(CCO)CCCc1cccc2c(O)cccc12. The van der Waals surface area contributed by atoms with Gasteiger partial charge in [0.15, 0.2) is 0 Å². The van der Waals surface area contributed by atoms with Crippen LogP contribution in [0.15, 0.2) is 36.4 Å². The minimum atomic E-state index is -0.931. The maximum absolute atomic E-state index is 11.5. The Bertz CT molecular complexity index is 581. The quantitative estimate of drug-likeness (QED) is 0.852. The van der Waals surface area contributed by atoms with Crippen LogP contribution >= 0.6 is 0 Å². The maximum atomic E-state index is 11.5. The number of fused-ring (bicyclic) bond motifs is 1. The molecule has 0 aromatic heterocycles. The zero-order valence-electron chi connectivity index (χ0n) is 10.7. The van der Waals surface area contributed by atoms with Crippen LogP contribution in [0.1, 0.15) is 12.0 Å². The largest absolute Gasteiger partial charge is 0.507 e. The first-order valence-corrected chi connectivity index (χ1v) is 7.86. The first-order valence-electron chi connectivity index (χ1n) is 6.38. The Morgan fingerprint density at radius 1 is 1.00 bits per heavy atom. The van der Waals surface area contributed by atoms with Gasteiger partial charge in [0.2, 0.25) is 0 Å². The van der Waals surface area contributed by atoms with E-state index in [1.54, 1.807) is 6.07 Å². The van der Waals surface area contributed by atoms with Crippen LogP contribution in [0, 0.1) is 0 Å². The summed E-state index contributed by atoms with van der Waals surface area (Å²) in [7, 11) is -0.931. The van der Waals surface area contributed by atoms with Crippen LogP contribution in [0.2, 0.25) is 0 Å². The molecule has 0 aliphatic carbocycles. The molecule has 2 aromatic rings. The third-order valence-corrected chi connectivity index (χ3v) is 4.51. The highest BCUT2D eigenvalue weighted by molar-refractivity contribution is 7.84. The van der Waals surface area contributed by atoms with Gasteiger partial charge in [-0.1, -0.05) is 30.3 Å². The highest BCUT2D eigenvalue weighted by Gasteiger charge is 2.05. The Morgan fingerprint density at radius 3 is 2.53 bits per heavy atom. The van der Waals surface area contributed by atoms with Gasteiger partial charge in [0.05, 0.1) is 6.61 Å². The second-order valence-electron chi connectivity index (χ2n) is 4.46. The van der Waals surface area contributed by atoms with E-state index < -0.39 is 10.8 Å². The third kappa shape index (κ3) is 3.55. The zero-order chi connectivity index (χ0) is 13.7. The van der Waals surface area contributed by atoms with E-state index in [0.29, 0.717) is 17.3 Å². The molecule has 19 heavy (non-hydrogen) atoms. The number of phenols is 1. The lowest BCUT2D eigenvalue weighted by Crippen LogP contribution is -2.06. The van der Waals surface area contributed by atoms with Crippen LogP contribution in [0.5, 0.6) is 5.75 Å². The second-order valence-corrected chi connectivity index (χ2v) is 6.16. The molecule has 0 bridgehead atoms. The summed E-state index contributed by atoms with van der Waals surface area (Å²) in [5.74, 6) is 1.26. The smallest absolute Gasteiger partial charge is 0.123 e. The summed E-state index contributed by atoms with van der Waals surface area (Å²) in [6.45, 7) is -0.0191. The standard InChI is InChI=1S/C15H18O3S/c16-9-11-19(18)10-3-5-12-4-1-7-14-13(12)6-2-8-15(14)17/h1-2,4,6-8,16-17H,3,5,9-11H2. The van der Waals surface area contributed by atoms with E-state index in [1.807, 2.05) is 30.3 Å². The van der Waals surface area contributed by atoms with Crippen LogP contribution < -0.4 is 0 Å². The first-order chi connectivity index (χ1) is 9.22. The number of benzene rings is 2. The van der Waals surface area contributed by atoms with Crippen molar-refractivity contribution < 1.29 is 14.4 Å². The van der Waals surface area contributed by atoms with Crippen molar-refractivity contribution in [3.63, 3.8) is 0 Å². The van der Waals surface area contributed by atoms with Gasteiger partial charge in [-0.2, -0.15) is 0 Å². The molecule has 0 radical (unpaired) electrons. The van der Waals surface area contributed by atoms with Crippen molar-refractivity contribution in [3.8, 4) is 5.75 Å². The summed E-state index contributed by atoms with van der Waals surface area (Å²) < 4.78 is 11.5. The average molecular weight is 278 g/mol. The molecule has 0 aliphatic heterocycles. The van der Waals surface area contributed by atoms with Gasteiger partial charge < -0.3 is 10.2 Å². The Kier molecular flexibility index (Phi) is 4.93. The van der Waals surface area contributed by atoms with Gasteiger partial charge >= 0.3 is 0 Å². The predicted molar refractivity (Wildman–Crippen MR) is 78.9 cm³/mol. The van der Waals surface area contributed by atoms with E-state index in [1.165, 1.54) is 0 Å². The van der Waals surface area contributed by atoms with Gasteiger partial charge in [-0.05, 0) is 29.9 Å². The van der Waals surface area contributed by atoms with Crippen molar-refractivity contribution in [1.29, 1.82) is 0 Å². The molecule has 0 saturated heterocycles. The minimum absolute atomic E-state index is 0.0191. The molecule has 3 nitrogen and oxygen atoms in total. The molecule has 102 valence electrons. The normalized spacial score (nSPS) is 12.7. The molecule has 0 heterocycles. The summed E-state index contributed by atoms with van der Waals surface area (Å²) >= 11 is 0. The summed E-state index contributed by atoms with van der Waals surface area (Å²) in [6, 6.07) is 11.4. The van der Waals surface area contributed by atoms with Gasteiger partial charge in [-0.3, -0.25) is 4.21 Å². The topological polar surface area (TPSA) is 57.5 Å². The number of aryl methyl sites for hydroxylation is 1. The van der Waals surface area contributed by atoms with E-state index >= 15 is 0 Å². The molecule has 1 atom stereocenters. The Hall–Kier alpha value is -1.39. The monoisotopic (exact) mass is 278 g/mol. The maximum Gasteiger partial charge on any atom is 0.123 e. The molecule has 2 rings (SSSR count). The Balaban J connectivity index is 2.09. The zero-order valence-corrected chi connectivity index (χ0v) is 11.5. The van der Waals surface area contributed by atoms with Gasteiger partial charge in [-0.25, -0.2) is 0 Å². The lowest BCUT2D eigenvalue weighted by molar-refractivity contribution is 0.321. The predicted octanol–water partition coefficient (Wildman–Crippen LogP) is 2.22. The fourth-order valence-corrected chi connectivity index (χ4v) is 3.08. The molecule has 0 saturated carbocycles. The van der Waals surface area contributed by atoms with Crippen LogP contribution in [-0.2, 0) is 17.2 Å². The highest BCUT2D eigenvalue weighted by atomic mass is 32.2. The number of hydrogen-bond donors (Lipinski definition) is 2. The number of aliphatic hydroxyl groups excluding tert-OH is 1. The highest BCUT2D eigenvalue weighted by Crippen LogP contribution is 2.27. The molecule has 0 spiro atoms. The molecule has 0 amide bonds. The van der Waals surface area contributed by atoms with E-state index in [2.05, 4.69) is 0 Å². The van der Waals surface area contributed by atoms with E-state index in [-0.39, 0.29) is 6.61 Å². The third-order valence-electron chi connectivity index (χ3n) is 3.13. The molecule has 2 N–H and O–H groups in total. The van der Waals surface area contributed by atoms with E-state index in [0.717, 1.165) is 29.2 Å². The van der Waals surface area contributed by atoms with Gasteiger partial charge in [0.1, 0.15) is 5.75 Å². The van der Waals surface area contributed by atoms with Crippen molar-refractivity contribution in [2.45, 2.75) is 12.8 Å². The van der Waals surface area contributed by atoms with Crippen molar-refractivity contribution >= 4 is 21.6 Å². The van der Waals surface area contributed by atoms with Crippen LogP contribution in [0.4, 0.5) is 0 Å². The molecule has 0 fully saturated rings. The molecular formula is C15H18O3S. The van der Waals surface area contributed by atoms with Gasteiger partial charge in [0, 0.05) is 27.7 Å². The summed E-state index contributed by atoms with van der Waals surface area (Å²) in [5.41, 5.74) is 1.16. The summed E-state index contributed by atoms with van der Waals surface area (Å²) in [6.07, 6.45) is 1.65. The number of aliphatic hydroxyl groups is 1. The molecule has 1 unspecified atom stereocenters. The lowest BCUT2D eigenvalue weighted by atomic mass is 10.0. The first kappa shape index (κ1) is 14.0. The minimum Gasteiger partial charge on any atom is -0.507 e. The molecule has 2 aromatic carbocycles. The average Bonchev–Trinajstić information content (AvgIpc) is 2.40. The number of hydrogen-bond acceptors (Lipinski definition) is 3. The molecule has 0 aliphatic rings.